The van der Waals surface area contributed by atoms with Crippen LogP contribution in [0.5, 0.6) is 0 Å². The molecule has 0 saturated heterocycles. The molecule has 0 fully saturated rings. The van der Waals surface area contributed by atoms with Crippen LogP contribution in [0.25, 0.3) is 0 Å². The van der Waals surface area contributed by atoms with Crippen molar-refractivity contribution in [3.05, 3.63) is 66.4 Å². The van der Waals surface area contributed by atoms with Crippen LogP contribution in [0.1, 0.15) is 60.5 Å². The van der Waals surface area contributed by atoms with E-state index >= 15 is 0 Å². The molecule has 2 nitrogen and oxygen atoms in total. The zero-order valence-corrected chi connectivity index (χ0v) is 19.9. The maximum atomic E-state index is 6.34. The van der Waals surface area contributed by atoms with Gasteiger partial charge in [-0.1, -0.05) is 91.5 Å². The maximum absolute atomic E-state index is 6.34. The quantitative estimate of drug-likeness (QED) is 0.313. The molecule has 0 heterocycles. The monoisotopic (exact) mass is 396 g/mol. The summed E-state index contributed by atoms with van der Waals surface area (Å²) >= 11 is 0. The van der Waals surface area contributed by atoms with E-state index in [1.807, 2.05) is 12.1 Å². The first-order valence-electron chi connectivity index (χ1n) is 11.0. The summed E-state index contributed by atoms with van der Waals surface area (Å²) < 4.78 is 0. The highest BCUT2D eigenvalue weighted by molar-refractivity contribution is 5.39. The van der Waals surface area contributed by atoms with Crippen molar-refractivity contribution >= 4 is 5.69 Å². The van der Waals surface area contributed by atoms with Crippen molar-refractivity contribution < 1.29 is 0 Å². The minimum absolute atomic E-state index is 0.132. The second-order valence-corrected chi connectivity index (χ2v) is 9.76. The van der Waals surface area contributed by atoms with Gasteiger partial charge >= 0.3 is 0 Å². The summed E-state index contributed by atoms with van der Waals surface area (Å²) in [5.74, 6) is 2.06. The number of hydrogen-bond acceptors (Lipinski definition) is 2. The number of nitrogens with two attached hydrogens (primary N) is 2. The van der Waals surface area contributed by atoms with Crippen LogP contribution >= 0.6 is 0 Å². The van der Waals surface area contributed by atoms with Crippen LogP contribution < -0.4 is 11.5 Å². The number of nitrogen functional groups attached to an aromatic ring is 1. The van der Waals surface area contributed by atoms with Gasteiger partial charge in [-0.2, -0.15) is 0 Å². The molecule has 0 aliphatic rings. The van der Waals surface area contributed by atoms with Gasteiger partial charge in [0, 0.05) is 16.8 Å². The van der Waals surface area contributed by atoms with E-state index in [4.69, 9.17) is 11.5 Å². The molecule has 4 unspecified atom stereocenters. The van der Waals surface area contributed by atoms with E-state index in [0.29, 0.717) is 29.6 Å². The van der Waals surface area contributed by atoms with Crippen LogP contribution in [0.2, 0.25) is 0 Å². The molecule has 4 N–H and O–H groups in total. The zero-order valence-electron chi connectivity index (χ0n) is 19.9. The first-order chi connectivity index (χ1) is 13.3. The third-order valence-electron chi connectivity index (χ3n) is 7.65. The molecule has 0 saturated carbocycles. The molecule has 2 heteroatoms. The van der Waals surface area contributed by atoms with E-state index in [0.717, 1.165) is 24.2 Å². The van der Waals surface area contributed by atoms with E-state index < -0.39 is 0 Å². The molecule has 1 aromatic carbocycles. The topological polar surface area (TPSA) is 52.0 Å². The molecule has 0 aromatic heterocycles. The van der Waals surface area contributed by atoms with E-state index in [9.17, 15) is 0 Å². The summed E-state index contributed by atoms with van der Waals surface area (Å²) in [7, 11) is 0. The molecule has 0 bridgehead atoms. The maximum Gasteiger partial charge on any atom is 0.0314 e. The molecule has 0 aliphatic carbocycles. The molecule has 29 heavy (non-hydrogen) atoms. The third-order valence-corrected chi connectivity index (χ3v) is 7.65. The normalized spacial score (nSPS) is 17.8. The van der Waals surface area contributed by atoms with Crippen LogP contribution in [0.3, 0.4) is 0 Å². The Labute approximate surface area is 180 Å². The van der Waals surface area contributed by atoms with Crippen molar-refractivity contribution in [3.63, 3.8) is 0 Å². The van der Waals surface area contributed by atoms with Crippen molar-refractivity contribution in [2.45, 2.75) is 61.3 Å². The summed E-state index contributed by atoms with van der Waals surface area (Å²) in [4.78, 5) is 0. The van der Waals surface area contributed by atoms with Crippen molar-refractivity contribution in [1.82, 2.24) is 0 Å². The molecule has 1 aromatic rings. The lowest BCUT2D eigenvalue weighted by atomic mass is 9.59. The largest absolute Gasteiger partial charge is 0.402 e. The van der Waals surface area contributed by atoms with Crippen molar-refractivity contribution in [2.75, 3.05) is 5.73 Å². The van der Waals surface area contributed by atoms with Gasteiger partial charge < -0.3 is 11.5 Å². The minimum atomic E-state index is -0.132. The average Bonchev–Trinajstić information content (AvgIpc) is 2.66. The Morgan fingerprint density at radius 2 is 1.41 bits per heavy atom. The van der Waals surface area contributed by atoms with Gasteiger partial charge in [0.1, 0.15) is 0 Å². The first-order valence-corrected chi connectivity index (χ1v) is 11.0. The molecular weight excluding hydrogens is 352 g/mol. The third kappa shape index (κ3) is 6.01. The Morgan fingerprint density at radius 3 is 1.86 bits per heavy atom. The van der Waals surface area contributed by atoms with E-state index in [1.54, 1.807) is 0 Å². The molecule has 1 rings (SSSR count). The van der Waals surface area contributed by atoms with Crippen LogP contribution in [0, 0.1) is 35.0 Å². The highest BCUT2D eigenvalue weighted by Gasteiger charge is 2.42. The predicted octanol–water partition coefficient (Wildman–Crippen LogP) is 6.99. The number of rotatable bonds is 11. The molecule has 0 amide bonds. The Bertz CT molecular complexity index is 713. The Hall–Kier alpha value is -1.96. The van der Waals surface area contributed by atoms with Gasteiger partial charge in [-0.25, -0.2) is 0 Å². The fourth-order valence-corrected chi connectivity index (χ4v) is 4.34. The van der Waals surface area contributed by atoms with Gasteiger partial charge in [-0.3, -0.25) is 0 Å². The highest BCUT2D eigenvalue weighted by Crippen LogP contribution is 2.48. The van der Waals surface area contributed by atoms with Gasteiger partial charge in [0.05, 0.1) is 0 Å². The van der Waals surface area contributed by atoms with Crippen LogP contribution in [-0.2, 0) is 6.42 Å². The first kappa shape index (κ1) is 25.1. The number of anilines is 1. The van der Waals surface area contributed by atoms with Gasteiger partial charge in [0.25, 0.3) is 0 Å². The lowest BCUT2D eigenvalue weighted by Crippen LogP contribution is -2.42. The Balaban J connectivity index is 2.84. The fourth-order valence-electron chi connectivity index (χ4n) is 4.34. The average molecular weight is 397 g/mol. The second-order valence-electron chi connectivity index (χ2n) is 9.76. The molecular formula is C27H44N2. The Morgan fingerprint density at radius 1 is 0.897 bits per heavy atom. The predicted molar refractivity (Wildman–Crippen MR) is 130 cm³/mol. The van der Waals surface area contributed by atoms with E-state index in [2.05, 4.69) is 80.3 Å². The molecule has 5 atom stereocenters. The summed E-state index contributed by atoms with van der Waals surface area (Å²) in [5.41, 5.74) is 17.3. The van der Waals surface area contributed by atoms with Gasteiger partial charge in [-0.05, 0) is 60.1 Å². The highest BCUT2D eigenvalue weighted by atomic mass is 14.7. The van der Waals surface area contributed by atoms with Gasteiger partial charge in [-0.15, -0.1) is 0 Å². The van der Waals surface area contributed by atoms with Gasteiger partial charge in [0.15, 0.2) is 0 Å². The summed E-state index contributed by atoms with van der Waals surface area (Å²) in [6.45, 7) is 28.9. The number of allylic oxidation sites excluding steroid dienone is 3. The summed E-state index contributed by atoms with van der Waals surface area (Å²) in [6.07, 6.45) is 1.82. The van der Waals surface area contributed by atoms with Gasteiger partial charge in [0.2, 0.25) is 0 Å². The smallest absolute Gasteiger partial charge is 0.0314 e. The van der Waals surface area contributed by atoms with E-state index in [-0.39, 0.29) is 5.41 Å². The van der Waals surface area contributed by atoms with Crippen molar-refractivity contribution in [3.8, 4) is 0 Å². The molecule has 0 aliphatic heterocycles. The second kappa shape index (κ2) is 10.2. The van der Waals surface area contributed by atoms with Crippen molar-refractivity contribution in [2.24, 2.45) is 40.7 Å². The lowest BCUT2D eigenvalue weighted by Gasteiger charge is -2.46. The number of hydrogen-bond donors (Lipinski definition) is 2. The molecule has 0 spiro atoms. The standard InChI is InChI=1S/C27H44N2/c1-17(2)22(7)27(10,24(9)28)23(8)21(6)20(5)15-18(3)19(4)16-25-11-13-26(29)14-12-25/h11-14,17,19,21-23H,3,5,9,15-16,28-29H2,1-2,4,6-8,10H3/t19?,21?,22?,23-,27?/m1/s1. The van der Waals surface area contributed by atoms with Crippen LogP contribution in [0.15, 0.2) is 60.8 Å². The van der Waals surface area contributed by atoms with Crippen LogP contribution in [0.4, 0.5) is 5.69 Å². The number of benzene rings is 1. The minimum Gasteiger partial charge on any atom is -0.402 e. The Kier molecular flexibility index (Phi) is 8.81. The molecule has 162 valence electrons. The summed E-state index contributed by atoms with van der Waals surface area (Å²) in [5, 5.41) is 0. The zero-order chi connectivity index (χ0) is 22.5. The summed E-state index contributed by atoms with van der Waals surface area (Å²) in [6, 6.07) is 8.13. The van der Waals surface area contributed by atoms with E-state index in [1.165, 1.54) is 16.7 Å². The SMILES string of the molecule is C=C(CC(=C)C(C)[C@@H](C)C(C)(C(=C)N)C(C)C(C)C)C(C)Cc1ccc(N)cc1. The van der Waals surface area contributed by atoms with Crippen molar-refractivity contribution in [1.29, 1.82) is 0 Å². The molecule has 0 radical (unpaired) electrons. The fraction of sp³-hybridized carbons (Fsp3) is 0.556. The lowest BCUT2D eigenvalue weighted by molar-refractivity contribution is 0.0945. The van der Waals surface area contributed by atoms with Crippen LogP contribution in [-0.4, -0.2) is 0 Å².